The Morgan fingerprint density at radius 3 is 2.67 bits per heavy atom. The SMILES string of the molecule is CC[C@@H](O)c1cc(C)ccc1O. The monoisotopic (exact) mass is 166 g/mol. The van der Waals surface area contributed by atoms with Gasteiger partial charge in [-0.25, -0.2) is 0 Å². The van der Waals surface area contributed by atoms with Crippen molar-refractivity contribution < 1.29 is 10.2 Å². The van der Waals surface area contributed by atoms with Gasteiger partial charge in [-0.15, -0.1) is 0 Å². The molecule has 0 aliphatic rings. The van der Waals surface area contributed by atoms with Crippen LogP contribution in [0.25, 0.3) is 0 Å². The molecule has 1 rings (SSSR count). The molecule has 2 heteroatoms. The number of benzene rings is 1. The quantitative estimate of drug-likeness (QED) is 0.706. The largest absolute Gasteiger partial charge is 0.508 e. The fraction of sp³-hybridized carbons (Fsp3) is 0.400. The number of aliphatic hydroxyl groups is 1. The molecule has 0 fully saturated rings. The van der Waals surface area contributed by atoms with Gasteiger partial charge in [0.15, 0.2) is 0 Å². The zero-order chi connectivity index (χ0) is 9.14. The van der Waals surface area contributed by atoms with Crippen LogP contribution < -0.4 is 0 Å². The summed E-state index contributed by atoms with van der Waals surface area (Å²) in [7, 11) is 0. The average Bonchev–Trinajstić information content (AvgIpc) is 2.08. The first-order chi connectivity index (χ1) is 5.65. The number of hydrogen-bond acceptors (Lipinski definition) is 2. The van der Waals surface area contributed by atoms with Gasteiger partial charge in [-0.05, 0) is 25.5 Å². The van der Waals surface area contributed by atoms with Crippen LogP contribution in [-0.4, -0.2) is 10.2 Å². The van der Waals surface area contributed by atoms with E-state index in [9.17, 15) is 10.2 Å². The molecular formula is C10H14O2. The van der Waals surface area contributed by atoms with E-state index in [1.54, 1.807) is 6.07 Å². The molecule has 2 N–H and O–H groups in total. The van der Waals surface area contributed by atoms with Gasteiger partial charge in [0, 0.05) is 5.56 Å². The summed E-state index contributed by atoms with van der Waals surface area (Å²) >= 11 is 0. The Bertz CT molecular complexity index is 269. The number of aromatic hydroxyl groups is 1. The normalized spacial score (nSPS) is 12.9. The maximum Gasteiger partial charge on any atom is 0.121 e. The second-order valence-corrected chi connectivity index (χ2v) is 2.99. The first-order valence-electron chi connectivity index (χ1n) is 4.12. The molecule has 1 atom stereocenters. The lowest BCUT2D eigenvalue weighted by Gasteiger charge is -2.10. The molecule has 0 aromatic heterocycles. The maximum absolute atomic E-state index is 9.47. The highest BCUT2D eigenvalue weighted by Gasteiger charge is 2.09. The average molecular weight is 166 g/mol. The van der Waals surface area contributed by atoms with Crippen molar-refractivity contribution >= 4 is 0 Å². The highest BCUT2D eigenvalue weighted by molar-refractivity contribution is 5.37. The minimum absolute atomic E-state index is 0.176. The van der Waals surface area contributed by atoms with E-state index >= 15 is 0 Å². The van der Waals surface area contributed by atoms with Crippen molar-refractivity contribution in [2.24, 2.45) is 0 Å². The van der Waals surface area contributed by atoms with Gasteiger partial charge in [-0.1, -0.05) is 18.6 Å². The molecule has 1 aromatic rings. The molecule has 0 saturated carbocycles. The van der Waals surface area contributed by atoms with E-state index in [-0.39, 0.29) is 5.75 Å². The second kappa shape index (κ2) is 3.59. The van der Waals surface area contributed by atoms with Gasteiger partial charge in [0.25, 0.3) is 0 Å². The van der Waals surface area contributed by atoms with Crippen LogP contribution in [0.3, 0.4) is 0 Å². The molecule has 0 aliphatic carbocycles. The topological polar surface area (TPSA) is 40.5 Å². The fourth-order valence-corrected chi connectivity index (χ4v) is 1.16. The van der Waals surface area contributed by atoms with E-state index in [4.69, 9.17) is 0 Å². The highest BCUT2D eigenvalue weighted by Crippen LogP contribution is 2.26. The third kappa shape index (κ3) is 1.77. The Morgan fingerprint density at radius 1 is 1.42 bits per heavy atom. The van der Waals surface area contributed by atoms with E-state index in [0.29, 0.717) is 12.0 Å². The van der Waals surface area contributed by atoms with Crippen molar-refractivity contribution in [3.63, 3.8) is 0 Å². The molecule has 0 amide bonds. The molecule has 66 valence electrons. The summed E-state index contributed by atoms with van der Waals surface area (Å²) in [4.78, 5) is 0. The van der Waals surface area contributed by atoms with Gasteiger partial charge in [-0.2, -0.15) is 0 Å². The van der Waals surface area contributed by atoms with Crippen LogP contribution in [0.1, 0.15) is 30.6 Å². The van der Waals surface area contributed by atoms with Crippen molar-refractivity contribution in [1.29, 1.82) is 0 Å². The van der Waals surface area contributed by atoms with Crippen molar-refractivity contribution in [2.75, 3.05) is 0 Å². The number of phenols is 1. The summed E-state index contributed by atoms with van der Waals surface area (Å²) in [5.41, 5.74) is 1.67. The van der Waals surface area contributed by atoms with Gasteiger partial charge < -0.3 is 10.2 Å². The Morgan fingerprint density at radius 2 is 2.08 bits per heavy atom. The third-order valence-corrected chi connectivity index (χ3v) is 1.93. The molecule has 1 aromatic carbocycles. The van der Waals surface area contributed by atoms with Crippen molar-refractivity contribution in [3.8, 4) is 5.75 Å². The van der Waals surface area contributed by atoms with Gasteiger partial charge in [-0.3, -0.25) is 0 Å². The molecule has 2 nitrogen and oxygen atoms in total. The van der Waals surface area contributed by atoms with Gasteiger partial charge in [0.05, 0.1) is 6.10 Å². The number of phenolic OH excluding ortho intramolecular Hbond substituents is 1. The maximum atomic E-state index is 9.47. The molecule has 12 heavy (non-hydrogen) atoms. The van der Waals surface area contributed by atoms with Crippen LogP contribution in [0.4, 0.5) is 0 Å². The molecule has 0 bridgehead atoms. The van der Waals surface area contributed by atoms with Crippen LogP contribution in [0.5, 0.6) is 5.75 Å². The Kier molecular flexibility index (Phi) is 2.71. The summed E-state index contributed by atoms with van der Waals surface area (Å²) in [6, 6.07) is 5.24. The van der Waals surface area contributed by atoms with Gasteiger partial charge in [0.1, 0.15) is 5.75 Å². The summed E-state index contributed by atoms with van der Waals surface area (Å²) in [6.45, 7) is 3.82. The van der Waals surface area contributed by atoms with E-state index in [1.165, 1.54) is 0 Å². The summed E-state index contributed by atoms with van der Waals surface area (Å²) < 4.78 is 0. The lowest BCUT2D eigenvalue weighted by Crippen LogP contribution is -1.95. The van der Waals surface area contributed by atoms with Crippen LogP contribution in [0.15, 0.2) is 18.2 Å². The van der Waals surface area contributed by atoms with Gasteiger partial charge in [0.2, 0.25) is 0 Å². The predicted molar refractivity (Wildman–Crippen MR) is 48.1 cm³/mol. The Labute approximate surface area is 72.5 Å². The second-order valence-electron chi connectivity index (χ2n) is 2.99. The van der Waals surface area contributed by atoms with Gasteiger partial charge >= 0.3 is 0 Å². The first kappa shape index (κ1) is 9.07. The Hall–Kier alpha value is -1.02. The standard InChI is InChI=1S/C10H14O2/c1-3-9(11)8-6-7(2)4-5-10(8)12/h4-6,9,11-12H,3H2,1-2H3/t9-/m1/s1. The molecule has 0 heterocycles. The molecule has 0 spiro atoms. The molecule has 0 unspecified atom stereocenters. The summed E-state index contributed by atoms with van der Waals surface area (Å²) in [6.07, 6.45) is 0.0710. The van der Waals surface area contributed by atoms with E-state index in [2.05, 4.69) is 0 Å². The zero-order valence-corrected chi connectivity index (χ0v) is 7.41. The van der Waals surface area contributed by atoms with E-state index in [0.717, 1.165) is 5.56 Å². The number of rotatable bonds is 2. The number of aryl methyl sites for hydroxylation is 1. The predicted octanol–water partition coefficient (Wildman–Crippen LogP) is 2.14. The number of hydrogen-bond donors (Lipinski definition) is 2. The molecular weight excluding hydrogens is 152 g/mol. The van der Waals surface area contributed by atoms with Crippen molar-refractivity contribution in [3.05, 3.63) is 29.3 Å². The summed E-state index contributed by atoms with van der Waals surface area (Å²) in [5.74, 6) is 0.176. The number of aliphatic hydroxyl groups excluding tert-OH is 1. The van der Waals surface area contributed by atoms with Crippen LogP contribution >= 0.6 is 0 Å². The lowest BCUT2D eigenvalue weighted by molar-refractivity contribution is 0.170. The van der Waals surface area contributed by atoms with Crippen LogP contribution in [0.2, 0.25) is 0 Å². The molecule has 0 saturated heterocycles. The van der Waals surface area contributed by atoms with Crippen molar-refractivity contribution in [1.82, 2.24) is 0 Å². The zero-order valence-electron chi connectivity index (χ0n) is 7.41. The molecule has 0 aliphatic heterocycles. The van der Waals surface area contributed by atoms with Crippen molar-refractivity contribution in [2.45, 2.75) is 26.4 Å². The minimum Gasteiger partial charge on any atom is -0.508 e. The highest BCUT2D eigenvalue weighted by atomic mass is 16.3. The summed E-state index contributed by atoms with van der Waals surface area (Å²) in [5, 5.41) is 18.9. The fourth-order valence-electron chi connectivity index (χ4n) is 1.16. The van der Waals surface area contributed by atoms with Crippen LogP contribution in [0, 0.1) is 6.92 Å². The molecule has 0 radical (unpaired) electrons. The van der Waals surface area contributed by atoms with Crippen LogP contribution in [-0.2, 0) is 0 Å². The lowest BCUT2D eigenvalue weighted by atomic mass is 10.0. The van der Waals surface area contributed by atoms with E-state index in [1.807, 2.05) is 26.0 Å². The minimum atomic E-state index is -0.551. The Balaban J connectivity index is 3.04. The first-order valence-corrected chi connectivity index (χ1v) is 4.12. The third-order valence-electron chi connectivity index (χ3n) is 1.93. The van der Waals surface area contributed by atoms with E-state index < -0.39 is 6.10 Å². The smallest absolute Gasteiger partial charge is 0.121 e.